The smallest absolute Gasteiger partial charge is 0.157 e. The molecule has 1 aromatic heterocycles. The van der Waals surface area contributed by atoms with Crippen molar-refractivity contribution < 1.29 is 9.47 Å². The minimum Gasteiger partial charge on any atom is -0.353 e. The Kier molecular flexibility index (Phi) is 4.70. The molecule has 4 nitrogen and oxygen atoms in total. The van der Waals surface area contributed by atoms with E-state index >= 15 is 0 Å². The molecule has 1 aliphatic rings. The molecular weight excluding hydrogens is 204 g/mol. The summed E-state index contributed by atoms with van der Waals surface area (Å²) in [5.41, 5.74) is 0. The lowest BCUT2D eigenvalue weighted by Crippen LogP contribution is -2.22. The highest BCUT2D eigenvalue weighted by Crippen LogP contribution is 2.13. The van der Waals surface area contributed by atoms with Gasteiger partial charge < -0.3 is 9.47 Å². The lowest BCUT2D eigenvalue weighted by molar-refractivity contribution is -0.162. The molecule has 1 fully saturated rings. The van der Waals surface area contributed by atoms with E-state index in [2.05, 4.69) is 9.97 Å². The number of aryl methyl sites for hydroxylation is 1. The van der Waals surface area contributed by atoms with Crippen molar-refractivity contribution in [2.75, 3.05) is 13.2 Å². The number of rotatable bonds is 5. The third kappa shape index (κ3) is 3.87. The maximum atomic E-state index is 5.63. The molecule has 16 heavy (non-hydrogen) atoms. The van der Waals surface area contributed by atoms with Crippen molar-refractivity contribution in [1.82, 2.24) is 9.97 Å². The van der Waals surface area contributed by atoms with Crippen LogP contribution in [-0.2, 0) is 15.9 Å². The van der Waals surface area contributed by atoms with E-state index in [1.807, 2.05) is 6.07 Å². The second kappa shape index (κ2) is 6.55. The second-order valence-electron chi connectivity index (χ2n) is 3.94. The normalized spacial score (nSPS) is 20.9. The molecule has 0 spiro atoms. The van der Waals surface area contributed by atoms with Gasteiger partial charge in [0.1, 0.15) is 5.82 Å². The molecule has 0 radical (unpaired) electrons. The summed E-state index contributed by atoms with van der Waals surface area (Å²) in [4.78, 5) is 8.33. The fourth-order valence-electron chi connectivity index (χ4n) is 1.75. The number of nitrogens with zero attached hydrogens (tertiary/aromatic N) is 2. The van der Waals surface area contributed by atoms with Crippen LogP contribution in [0.25, 0.3) is 0 Å². The third-order valence-corrected chi connectivity index (χ3v) is 2.61. The maximum Gasteiger partial charge on any atom is 0.157 e. The second-order valence-corrected chi connectivity index (χ2v) is 3.94. The summed E-state index contributed by atoms with van der Waals surface area (Å²) in [6.07, 6.45) is 8.79. The van der Waals surface area contributed by atoms with Gasteiger partial charge in [-0.15, -0.1) is 0 Å². The average Bonchev–Trinajstić information content (AvgIpc) is 2.37. The summed E-state index contributed by atoms with van der Waals surface area (Å²) in [5, 5.41) is 0. The van der Waals surface area contributed by atoms with Crippen LogP contribution in [0.1, 0.15) is 31.5 Å². The van der Waals surface area contributed by atoms with Gasteiger partial charge in [0.25, 0.3) is 0 Å². The Labute approximate surface area is 96.0 Å². The number of aromatic nitrogens is 2. The van der Waals surface area contributed by atoms with Gasteiger partial charge in [0, 0.05) is 25.4 Å². The van der Waals surface area contributed by atoms with Crippen molar-refractivity contribution in [3.05, 3.63) is 24.3 Å². The van der Waals surface area contributed by atoms with E-state index in [4.69, 9.17) is 9.47 Å². The van der Waals surface area contributed by atoms with E-state index in [0.717, 1.165) is 44.7 Å². The van der Waals surface area contributed by atoms with Crippen molar-refractivity contribution in [3.8, 4) is 0 Å². The molecule has 0 bridgehead atoms. The lowest BCUT2D eigenvalue weighted by Gasteiger charge is -2.22. The minimum absolute atomic E-state index is 0.0189. The molecule has 0 saturated carbocycles. The van der Waals surface area contributed by atoms with Gasteiger partial charge >= 0.3 is 0 Å². The van der Waals surface area contributed by atoms with Gasteiger partial charge in [-0.05, 0) is 31.7 Å². The summed E-state index contributed by atoms with van der Waals surface area (Å²) in [5.74, 6) is 0.885. The van der Waals surface area contributed by atoms with Crippen molar-refractivity contribution in [3.63, 3.8) is 0 Å². The Morgan fingerprint density at radius 1 is 1.31 bits per heavy atom. The molecule has 2 heterocycles. The van der Waals surface area contributed by atoms with Crippen molar-refractivity contribution in [1.29, 1.82) is 0 Å². The molecule has 1 aromatic rings. The number of hydrogen-bond acceptors (Lipinski definition) is 4. The van der Waals surface area contributed by atoms with Crippen LogP contribution < -0.4 is 0 Å². The maximum absolute atomic E-state index is 5.63. The first-order chi connectivity index (χ1) is 7.95. The van der Waals surface area contributed by atoms with E-state index < -0.39 is 0 Å². The monoisotopic (exact) mass is 222 g/mol. The Morgan fingerprint density at radius 2 is 2.19 bits per heavy atom. The Morgan fingerprint density at radius 3 is 2.94 bits per heavy atom. The highest BCUT2D eigenvalue weighted by Gasteiger charge is 2.13. The van der Waals surface area contributed by atoms with Gasteiger partial charge in [0.05, 0.1) is 6.61 Å². The standard InChI is InChI=1S/C12H18N2O2/c1-2-9-15-12(6-1)16-10-3-5-11-13-7-4-8-14-11/h4,7-8,12H,1-3,5-6,9-10H2. The van der Waals surface area contributed by atoms with Crippen molar-refractivity contribution in [2.45, 2.75) is 38.4 Å². The molecule has 4 heteroatoms. The van der Waals surface area contributed by atoms with Crippen molar-refractivity contribution in [2.24, 2.45) is 0 Å². The molecule has 1 atom stereocenters. The van der Waals surface area contributed by atoms with Gasteiger partial charge in [0.15, 0.2) is 6.29 Å². The zero-order valence-electron chi connectivity index (χ0n) is 9.47. The van der Waals surface area contributed by atoms with Crippen LogP contribution in [0.4, 0.5) is 0 Å². The quantitative estimate of drug-likeness (QED) is 0.714. The van der Waals surface area contributed by atoms with Crippen molar-refractivity contribution >= 4 is 0 Å². The first kappa shape index (κ1) is 11.5. The average molecular weight is 222 g/mol. The Balaban J connectivity index is 1.58. The van der Waals surface area contributed by atoms with Crippen LogP contribution in [-0.4, -0.2) is 29.5 Å². The van der Waals surface area contributed by atoms with Crippen LogP contribution in [0.15, 0.2) is 18.5 Å². The predicted molar refractivity (Wildman–Crippen MR) is 59.9 cm³/mol. The third-order valence-electron chi connectivity index (χ3n) is 2.61. The molecule has 1 unspecified atom stereocenters. The SMILES string of the molecule is c1cnc(CCCOC2CCCCO2)nc1. The molecule has 0 amide bonds. The predicted octanol–water partition coefficient (Wildman–Crippen LogP) is 1.95. The van der Waals surface area contributed by atoms with E-state index in [-0.39, 0.29) is 6.29 Å². The first-order valence-corrected chi connectivity index (χ1v) is 5.94. The van der Waals surface area contributed by atoms with Crippen LogP contribution in [0.3, 0.4) is 0 Å². The molecule has 0 N–H and O–H groups in total. The summed E-state index contributed by atoms with van der Waals surface area (Å²) in [7, 11) is 0. The summed E-state index contributed by atoms with van der Waals surface area (Å²) < 4.78 is 11.1. The van der Waals surface area contributed by atoms with E-state index in [1.165, 1.54) is 6.42 Å². The Bertz CT molecular complexity index is 286. The first-order valence-electron chi connectivity index (χ1n) is 5.94. The zero-order valence-corrected chi connectivity index (χ0v) is 9.47. The van der Waals surface area contributed by atoms with E-state index in [9.17, 15) is 0 Å². The van der Waals surface area contributed by atoms with Crippen LogP contribution in [0.2, 0.25) is 0 Å². The summed E-state index contributed by atoms with van der Waals surface area (Å²) in [6, 6.07) is 1.83. The molecule has 1 saturated heterocycles. The molecule has 0 aromatic carbocycles. The highest BCUT2D eigenvalue weighted by atomic mass is 16.7. The summed E-state index contributed by atoms with van der Waals surface area (Å²) >= 11 is 0. The van der Waals surface area contributed by atoms with E-state index in [0.29, 0.717) is 0 Å². The van der Waals surface area contributed by atoms with Gasteiger partial charge in [-0.1, -0.05) is 0 Å². The molecule has 0 aliphatic carbocycles. The Hall–Kier alpha value is -1.00. The van der Waals surface area contributed by atoms with Gasteiger partial charge in [-0.25, -0.2) is 9.97 Å². The highest BCUT2D eigenvalue weighted by molar-refractivity contribution is 4.88. The number of ether oxygens (including phenoxy) is 2. The van der Waals surface area contributed by atoms with Gasteiger partial charge in [-0.2, -0.15) is 0 Å². The minimum atomic E-state index is 0.0189. The molecule has 2 rings (SSSR count). The van der Waals surface area contributed by atoms with Crippen LogP contribution in [0, 0.1) is 0 Å². The zero-order chi connectivity index (χ0) is 11.1. The fraction of sp³-hybridized carbons (Fsp3) is 0.667. The molecule has 1 aliphatic heterocycles. The topological polar surface area (TPSA) is 44.2 Å². The number of hydrogen-bond donors (Lipinski definition) is 0. The molecule has 88 valence electrons. The van der Waals surface area contributed by atoms with Crippen LogP contribution >= 0.6 is 0 Å². The van der Waals surface area contributed by atoms with Gasteiger partial charge in [-0.3, -0.25) is 0 Å². The fourth-order valence-corrected chi connectivity index (χ4v) is 1.75. The largest absolute Gasteiger partial charge is 0.353 e. The van der Waals surface area contributed by atoms with E-state index in [1.54, 1.807) is 12.4 Å². The summed E-state index contributed by atoms with van der Waals surface area (Å²) in [6.45, 7) is 1.56. The van der Waals surface area contributed by atoms with Gasteiger partial charge in [0.2, 0.25) is 0 Å². The molecular formula is C12H18N2O2. The van der Waals surface area contributed by atoms with Crippen LogP contribution in [0.5, 0.6) is 0 Å². The lowest BCUT2D eigenvalue weighted by atomic mass is 10.2.